The number of methoxy groups -OCH3 is 2. The molecule has 1 aliphatic carbocycles. The molecule has 4 rings (SSSR count). The molecule has 1 heterocycles. The van der Waals surface area contributed by atoms with Crippen LogP contribution in [0.3, 0.4) is 0 Å². The van der Waals surface area contributed by atoms with Gasteiger partial charge in [0.05, 0.1) is 25.2 Å². The van der Waals surface area contributed by atoms with Gasteiger partial charge in [0, 0.05) is 41.1 Å². The van der Waals surface area contributed by atoms with Crippen LogP contribution in [0.5, 0.6) is 5.75 Å². The standard InChI is InChI=1S/C27H28ClNO5/c1-16-24(27(31)34-13-12-32-2)25(20-6-4-5-7-23(20)33-3)26-21(29-16)14-18(15-22(26)30)17-8-10-19(28)11-9-17/h4-11,18,25,29H,12-15H2,1-3H3/t18-,25+/m0/s1. The highest BCUT2D eigenvalue weighted by Crippen LogP contribution is 2.47. The molecule has 0 spiro atoms. The molecule has 0 saturated carbocycles. The summed E-state index contributed by atoms with van der Waals surface area (Å²) in [5, 5.41) is 4.02. The van der Waals surface area contributed by atoms with Gasteiger partial charge in [-0.2, -0.15) is 0 Å². The lowest BCUT2D eigenvalue weighted by Crippen LogP contribution is -2.36. The van der Waals surface area contributed by atoms with E-state index in [1.54, 1.807) is 14.2 Å². The number of allylic oxidation sites excluding steroid dienone is 3. The normalized spacial score (nSPS) is 20.1. The summed E-state index contributed by atoms with van der Waals surface area (Å²) in [7, 11) is 3.13. The van der Waals surface area contributed by atoms with Gasteiger partial charge in [-0.1, -0.05) is 41.9 Å². The molecule has 2 aromatic rings. The number of halogens is 1. The van der Waals surface area contributed by atoms with Crippen molar-refractivity contribution < 1.29 is 23.8 Å². The molecule has 0 bridgehead atoms. The van der Waals surface area contributed by atoms with Gasteiger partial charge in [0.15, 0.2) is 5.78 Å². The van der Waals surface area contributed by atoms with Crippen LogP contribution in [0.4, 0.5) is 0 Å². The van der Waals surface area contributed by atoms with Crippen LogP contribution in [0.15, 0.2) is 71.1 Å². The Kier molecular flexibility index (Phi) is 7.39. The second kappa shape index (κ2) is 10.5. The highest BCUT2D eigenvalue weighted by atomic mass is 35.5. The summed E-state index contributed by atoms with van der Waals surface area (Å²) in [5.74, 6) is -0.418. The van der Waals surface area contributed by atoms with Crippen molar-refractivity contribution in [2.24, 2.45) is 0 Å². The number of carbonyl (C=O) groups is 2. The number of para-hydroxylation sites is 1. The van der Waals surface area contributed by atoms with Crippen molar-refractivity contribution in [3.05, 3.63) is 87.2 Å². The quantitative estimate of drug-likeness (QED) is 0.448. The second-order valence-corrected chi connectivity index (χ2v) is 8.88. The first kappa shape index (κ1) is 24.0. The number of dihydropyridines is 1. The largest absolute Gasteiger partial charge is 0.496 e. The van der Waals surface area contributed by atoms with E-state index >= 15 is 0 Å². The number of carbonyl (C=O) groups excluding carboxylic acids is 2. The van der Waals surface area contributed by atoms with Crippen LogP contribution >= 0.6 is 11.6 Å². The Morgan fingerprint density at radius 1 is 1.06 bits per heavy atom. The van der Waals surface area contributed by atoms with Crippen molar-refractivity contribution in [3.8, 4) is 5.75 Å². The van der Waals surface area contributed by atoms with Crippen LogP contribution in [0, 0.1) is 0 Å². The minimum absolute atomic E-state index is 0.000650. The zero-order chi connectivity index (χ0) is 24.2. The maximum atomic E-state index is 13.6. The first-order chi connectivity index (χ1) is 16.4. The van der Waals surface area contributed by atoms with Crippen molar-refractivity contribution >= 4 is 23.4 Å². The van der Waals surface area contributed by atoms with Gasteiger partial charge < -0.3 is 19.5 Å². The molecular weight excluding hydrogens is 454 g/mol. The fraction of sp³-hybridized carbons (Fsp3) is 0.333. The predicted molar refractivity (Wildman–Crippen MR) is 130 cm³/mol. The van der Waals surface area contributed by atoms with Gasteiger partial charge in [-0.3, -0.25) is 4.79 Å². The maximum absolute atomic E-state index is 13.6. The number of hydrogen-bond donors (Lipinski definition) is 1. The SMILES string of the molecule is COCCOC(=O)C1=C(C)NC2=C(C(=O)C[C@@H](c3ccc(Cl)cc3)C2)[C@@H]1c1ccccc1OC. The topological polar surface area (TPSA) is 73.9 Å². The molecule has 2 aliphatic rings. The number of hydrogen-bond acceptors (Lipinski definition) is 6. The van der Waals surface area contributed by atoms with Gasteiger partial charge >= 0.3 is 5.97 Å². The van der Waals surface area contributed by atoms with E-state index < -0.39 is 11.9 Å². The van der Waals surface area contributed by atoms with Crippen molar-refractivity contribution in [1.29, 1.82) is 0 Å². The molecule has 0 amide bonds. The predicted octanol–water partition coefficient (Wildman–Crippen LogP) is 4.90. The van der Waals surface area contributed by atoms with Crippen molar-refractivity contribution in [1.82, 2.24) is 5.32 Å². The number of esters is 1. The Bertz CT molecular complexity index is 1150. The fourth-order valence-corrected chi connectivity index (χ4v) is 4.92. The third-order valence-electron chi connectivity index (χ3n) is 6.36. The monoisotopic (exact) mass is 481 g/mol. The van der Waals surface area contributed by atoms with E-state index in [0.29, 0.717) is 47.1 Å². The smallest absolute Gasteiger partial charge is 0.336 e. The molecule has 2 atom stereocenters. The molecule has 34 heavy (non-hydrogen) atoms. The van der Waals surface area contributed by atoms with Crippen LogP contribution in [-0.2, 0) is 19.1 Å². The molecule has 6 nitrogen and oxygen atoms in total. The van der Waals surface area contributed by atoms with E-state index in [1.807, 2.05) is 55.5 Å². The van der Waals surface area contributed by atoms with Gasteiger partial charge in [-0.15, -0.1) is 0 Å². The lowest BCUT2D eigenvalue weighted by Gasteiger charge is -2.37. The lowest BCUT2D eigenvalue weighted by molar-refractivity contribution is -0.140. The Morgan fingerprint density at radius 3 is 2.50 bits per heavy atom. The van der Waals surface area contributed by atoms with Gasteiger partial charge in [0.25, 0.3) is 0 Å². The van der Waals surface area contributed by atoms with E-state index in [1.165, 1.54) is 0 Å². The number of ketones is 1. The Hall–Kier alpha value is -3.09. The molecule has 7 heteroatoms. The van der Waals surface area contributed by atoms with E-state index in [2.05, 4.69) is 5.32 Å². The minimum atomic E-state index is -0.582. The average molecular weight is 482 g/mol. The molecule has 0 unspecified atom stereocenters. The number of rotatable bonds is 7. The molecule has 2 aromatic carbocycles. The molecule has 1 N–H and O–H groups in total. The van der Waals surface area contributed by atoms with Gasteiger partial charge in [-0.25, -0.2) is 4.79 Å². The highest BCUT2D eigenvalue weighted by molar-refractivity contribution is 6.30. The van der Waals surface area contributed by atoms with Crippen LogP contribution in [0.2, 0.25) is 5.02 Å². The number of benzene rings is 2. The summed E-state index contributed by atoms with van der Waals surface area (Å²) < 4.78 is 16.1. The molecular formula is C27H28ClNO5. The summed E-state index contributed by atoms with van der Waals surface area (Å²) in [5.41, 5.74) is 4.33. The summed E-state index contributed by atoms with van der Waals surface area (Å²) in [6, 6.07) is 15.1. The third kappa shape index (κ3) is 4.74. The zero-order valence-electron chi connectivity index (χ0n) is 19.5. The van der Waals surface area contributed by atoms with E-state index in [0.717, 1.165) is 16.8 Å². The summed E-state index contributed by atoms with van der Waals surface area (Å²) in [4.78, 5) is 26.8. The first-order valence-electron chi connectivity index (χ1n) is 11.2. The summed E-state index contributed by atoms with van der Waals surface area (Å²) in [6.07, 6.45) is 0.997. The molecule has 1 aliphatic heterocycles. The maximum Gasteiger partial charge on any atom is 0.336 e. The van der Waals surface area contributed by atoms with Crippen molar-refractivity contribution in [2.45, 2.75) is 31.6 Å². The van der Waals surface area contributed by atoms with Gasteiger partial charge in [-0.05, 0) is 43.0 Å². The molecule has 0 aromatic heterocycles. The lowest BCUT2D eigenvalue weighted by atomic mass is 9.71. The van der Waals surface area contributed by atoms with Gasteiger partial charge in [0.1, 0.15) is 12.4 Å². The summed E-state index contributed by atoms with van der Waals surface area (Å²) >= 11 is 6.06. The Morgan fingerprint density at radius 2 is 1.79 bits per heavy atom. The zero-order valence-corrected chi connectivity index (χ0v) is 20.3. The average Bonchev–Trinajstić information content (AvgIpc) is 2.83. The first-order valence-corrected chi connectivity index (χ1v) is 11.6. The summed E-state index contributed by atoms with van der Waals surface area (Å²) in [6.45, 7) is 2.26. The van der Waals surface area contributed by atoms with Gasteiger partial charge in [0.2, 0.25) is 0 Å². The van der Waals surface area contributed by atoms with Crippen molar-refractivity contribution in [3.63, 3.8) is 0 Å². The third-order valence-corrected chi connectivity index (χ3v) is 6.61. The second-order valence-electron chi connectivity index (χ2n) is 8.44. The number of ether oxygens (including phenoxy) is 3. The Labute approximate surface area is 204 Å². The van der Waals surface area contributed by atoms with E-state index in [9.17, 15) is 9.59 Å². The highest BCUT2D eigenvalue weighted by Gasteiger charge is 2.42. The van der Waals surface area contributed by atoms with Crippen LogP contribution in [-0.4, -0.2) is 39.2 Å². The minimum Gasteiger partial charge on any atom is -0.496 e. The number of nitrogens with one attached hydrogen (secondary N) is 1. The fourth-order valence-electron chi connectivity index (χ4n) is 4.79. The van der Waals surface area contributed by atoms with E-state index in [-0.39, 0.29) is 18.3 Å². The molecule has 0 fully saturated rings. The van der Waals surface area contributed by atoms with Crippen molar-refractivity contribution in [2.75, 3.05) is 27.4 Å². The van der Waals surface area contributed by atoms with Crippen LogP contribution in [0.1, 0.15) is 42.7 Å². The van der Waals surface area contributed by atoms with Crippen LogP contribution < -0.4 is 10.1 Å². The molecule has 0 saturated heterocycles. The Balaban J connectivity index is 1.78. The van der Waals surface area contributed by atoms with Crippen LogP contribution in [0.25, 0.3) is 0 Å². The molecule has 178 valence electrons. The van der Waals surface area contributed by atoms with E-state index in [4.69, 9.17) is 25.8 Å². The number of Topliss-reactive ketones (excluding diaryl/α,β-unsaturated/α-hetero) is 1. The molecule has 0 radical (unpaired) electrons.